The molecular formula is C22H26ClN3O. The molecule has 27 heavy (non-hydrogen) atoms. The van der Waals surface area contributed by atoms with Gasteiger partial charge in [-0.15, -0.1) is 0 Å². The number of piperidine rings is 1. The zero-order valence-corrected chi connectivity index (χ0v) is 16.3. The number of benzene rings is 2. The van der Waals surface area contributed by atoms with E-state index in [1.165, 1.54) is 16.7 Å². The van der Waals surface area contributed by atoms with Gasteiger partial charge in [-0.05, 0) is 54.6 Å². The zero-order valence-electron chi connectivity index (χ0n) is 15.5. The summed E-state index contributed by atoms with van der Waals surface area (Å²) >= 11 is 5.97. The van der Waals surface area contributed by atoms with E-state index < -0.39 is 0 Å². The number of amides is 2. The minimum absolute atomic E-state index is 0.0721. The van der Waals surface area contributed by atoms with E-state index in [2.05, 4.69) is 46.6 Å². The van der Waals surface area contributed by atoms with Crippen LogP contribution < -0.4 is 5.32 Å². The molecular weight excluding hydrogens is 358 g/mol. The van der Waals surface area contributed by atoms with Gasteiger partial charge >= 0.3 is 6.03 Å². The maximum atomic E-state index is 12.8. The lowest BCUT2D eigenvalue weighted by Gasteiger charge is -2.35. The Morgan fingerprint density at radius 3 is 2.67 bits per heavy atom. The molecule has 0 aromatic heterocycles. The highest BCUT2D eigenvalue weighted by Gasteiger charge is 2.25. The monoisotopic (exact) mass is 383 g/mol. The molecule has 2 amide bonds. The van der Waals surface area contributed by atoms with E-state index in [-0.39, 0.29) is 12.1 Å². The maximum absolute atomic E-state index is 12.8. The Kier molecular flexibility index (Phi) is 5.65. The van der Waals surface area contributed by atoms with Gasteiger partial charge in [-0.3, -0.25) is 4.90 Å². The summed E-state index contributed by atoms with van der Waals surface area (Å²) in [6.07, 6.45) is 3.10. The maximum Gasteiger partial charge on any atom is 0.317 e. The van der Waals surface area contributed by atoms with Crippen molar-refractivity contribution in [1.82, 2.24) is 15.1 Å². The molecule has 5 heteroatoms. The second-order valence-electron chi connectivity index (χ2n) is 7.59. The lowest BCUT2D eigenvalue weighted by atomic mass is 10.00. The number of rotatable bonds is 3. The molecule has 4 rings (SSSR count). The number of carbonyl (C=O) groups excluding carboxylic acids is 1. The third-order valence-electron chi connectivity index (χ3n) is 5.57. The molecule has 1 atom stereocenters. The molecule has 0 spiro atoms. The van der Waals surface area contributed by atoms with E-state index >= 15 is 0 Å². The van der Waals surface area contributed by atoms with Gasteiger partial charge in [-0.2, -0.15) is 0 Å². The third-order valence-corrected chi connectivity index (χ3v) is 5.82. The summed E-state index contributed by atoms with van der Waals surface area (Å²) in [5, 5.41) is 4.04. The highest BCUT2D eigenvalue weighted by molar-refractivity contribution is 6.30. The molecule has 2 aliphatic heterocycles. The molecule has 1 N–H and O–H groups in total. The van der Waals surface area contributed by atoms with Gasteiger partial charge in [0.1, 0.15) is 0 Å². The smallest absolute Gasteiger partial charge is 0.317 e. The van der Waals surface area contributed by atoms with Crippen molar-refractivity contribution in [3.05, 3.63) is 70.2 Å². The van der Waals surface area contributed by atoms with Crippen LogP contribution >= 0.6 is 11.6 Å². The van der Waals surface area contributed by atoms with E-state index in [4.69, 9.17) is 11.6 Å². The van der Waals surface area contributed by atoms with Crippen LogP contribution in [0.4, 0.5) is 4.79 Å². The van der Waals surface area contributed by atoms with Crippen molar-refractivity contribution in [2.24, 2.45) is 0 Å². The topological polar surface area (TPSA) is 35.6 Å². The van der Waals surface area contributed by atoms with Crippen LogP contribution in [0.1, 0.15) is 29.5 Å². The summed E-state index contributed by atoms with van der Waals surface area (Å²) in [5.74, 6) is 0. The van der Waals surface area contributed by atoms with Crippen LogP contribution in [0.3, 0.4) is 0 Å². The van der Waals surface area contributed by atoms with E-state index in [0.29, 0.717) is 6.54 Å². The number of hydrogen-bond donors (Lipinski definition) is 1. The minimum atomic E-state index is 0.0721. The third kappa shape index (κ3) is 4.63. The van der Waals surface area contributed by atoms with Crippen LogP contribution in [0, 0.1) is 0 Å². The highest BCUT2D eigenvalue weighted by Crippen LogP contribution is 2.20. The van der Waals surface area contributed by atoms with Crippen molar-refractivity contribution in [3.8, 4) is 0 Å². The Hall–Kier alpha value is -2.04. The molecule has 0 aliphatic carbocycles. The largest absolute Gasteiger partial charge is 0.334 e. The van der Waals surface area contributed by atoms with Crippen molar-refractivity contribution < 1.29 is 4.79 Å². The van der Waals surface area contributed by atoms with Crippen LogP contribution in [-0.2, 0) is 19.5 Å². The molecule has 142 valence electrons. The van der Waals surface area contributed by atoms with Crippen LogP contribution in [0.5, 0.6) is 0 Å². The second kappa shape index (κ2) is 8.32. The molecule has 0 bridgehead atoms. The van der Waals surface area contributed by atoms with Crippen LogP contribution in [0.2, 0.25) is 5.02 Å². The predicted octanol–water partition coefficient (Wildman–Crippen LogP) is 4.07. The Bertz CT molecular complexity index is 792. The second-order valence-corrected chi connectivity index (χ2v) is 8.03. The number of urea groups is 1. The molecule has 1 unspecified atom stereocenters. The number of halogens is 1. The fourth-order valence-corrected chi connectivity index (χ4v) is 4.23. The number of likely N-dealkylation sites (tertiary alicyclic amines) is 1. The standard InChI is InChI=1S/C22H26ClN3O/c23-20-9-7-17(8-10-20)14-25-12-3-6-21(16-25)24-22(27)26-13-11-18-4-1-2-5-19(18)15-26/h1-2,4-5,7-10,21H,3,6,11-16H2,(H,24,27). The van der Waals surface area contributed by atoms with E-state index in [9.17, 15) is 4.79 Å². The van der Waals surface area contributed by atoms with Crippen molar-refractivity contribution in [1.29, 1.82) is 0 Å². The summed E-state index contributed by atoms with van der Waals surface area (Å²) in [7, 11) is 0. The number of hydrogen-bond acceptors (Lipinski definition) is 2. The quantitative estimate of drug-likeness (QED) is 0.867. The average Bonchev–Trinajstić information content (AvgIpc) is 2.69. The van der Waals surface area contributed by atoms with Gasteiger partial charge in [0.15, 0.2) is 0 Å². The van der Waals surface area contributed by atoms with Gasteiger partial charge in [0.05, 0.1) is 0 Å². The minimum Gasteiger partial charge on any atom is -0.334 e. The fourth-order valence-electron chi connectivity index (χ4n) is 4.10. The van der Waals surface area contributed by atoms with Gasteiger partial charge in [0, 0.05) is 37.2 Å². The summed E-state index contributed by atoms with van der Waals surface area (Å²) in [4.78, 5) is 17.1. The first-order valence-electron chi connectivity index (χ1n) is 9.76. The fraction of sp³-hybridized carbons (Fsp3) is 0.409. The van der Waals surface area contributed by atoms with Crippen molar-refractivity contribution in [2.45, 2.75) is 38.4 Å². The Morgan fingerprint density at radius 1 is 1.07 bits per heavy atom. The van der Waals surface area contributed by atoms with Gasteiger partial charge in [-0.25, -0.2) is 4.79 Å². The lowest BCUT2D eigenvalue weighted by Crippen LogP contribution is -2.52. The lowest BCUT2D eigenvalue weighted by molar-refractivity contribution is 0.160. The Morgan fingerprint density at radius 2 is 1.85 bits per heavy atom. The summed E-state index contributed by atoms with van der Waals surface area (Å²) in [5.41, 5.74) is 3.90. The summed E-state index contributed by atoms with van der Waals surface area (Å²) < 4.78 is 0. The molecule has 2 heterocycles. The molecule has 2 aliphatic rings. The first-order valence-corrected chi connectivity index (χ1v) is 10.1. The van der Waals surface area contributed by atoms with Gasteiger partial charge in [-0.1, -0.05) is 48.0 Å². The molecule has 2 aromatic rings. The van der Waals surface area contributed by atoms with E-state index in [1.807, 2.05) is 17.0 Å². The summed E-state index contributed by atoms with van der Waals surface area (Å²) in [6.45, 7) is 4.39. The van der Waals surface area contributed by atoms with Gasteiger partial charge in [0.25, 0.3) is 0 Å². The molecule has 0 radical (unpaired) electrons. The SMILES string of the molecule is O=C(NC1CCCN(Cc2ccc(Cl)cc2)C1)N1CCc2ccccc2C1. The first kappa shape index (κ1) is 18.3. The van der Waals surface area contributed by atoms with Crippen molar-refractivity contribution >= 4 is 17.6 Å². The highest BCUT2D eigenvalue weighted by atomic mass is 35.5. The van der Waals surface area contributed by atoms with Crippen molar-refractivity contribution in [2.75, 3.05) is 19.6 Å². The average molecular weight is 384 g/mol. The summed E-state index contributed by atoms with van der Waals surface area (Å²) in [6, 6.07) is 16.7. The van der Waals surface area contributed by atoms with Crippen molar-refractivity contribution in [3.63, 3.8) is 0 Å². The number of carbonyl (C=O) groups is 1. The number of fused-ring (bicyclic) bond motifs is 1. The van der Waals surface area contributed by atoms with E-state index in [1.54, 1.807) is 0 Å². The van der Waals surface area contributed by atoms with Crippen LogP contribution in [0.25, 0.3) is 0 Å². The van der Waals surface area contributed by atoms with Gasteiger partial charge < -0.3 is 10.2 Å². The Balaban J connectivity index is 1.31. The predicted molar refractivity (Wildman–Crippen MR) is 109 cm³/mol. The normalized spacial score (nSPS) is 20.2. The molecule has 0 saturated carbocycles. The molecule has 4 nitrogen and oxygen atoms in total. The molecule has 2 aromatic carbocycles. The van der Waals surface area contributed by atoms with Crippen LogP contribution in [0.15, 0.2) is 48.5 Å². The number of nitrogens with zero attached hydrogens (tertiary/aromatic N) is 2. The zero-order chi connectivity index (χ0) is 18.6. The van der Waals surface area contributed by atoms with E-state index in [0.717, 1.165) is 50.5 Å². The first-order chi connectivity index (χ1) is 13.2. The molecule has 1 saturated heterocycles. The number of nitrogens with one attached hydrogen (secondary N) is 1. The Labute approximate surface area is 166 Å². The van der Waals surface area contributed by atoms with Crippen LogP contribution in [-0.4, -0.2) is 41.5 Å². The van der Waals surface area contributed by atoms with Gasteiger partial charge in [0.2, 0.25) is 0 Å². The molecule has 1 fully saturated rings.